The number of morpholine rings is 1. The number of carbonyl (C=O) groups is 1. The van der Waals surface area contributed by atoms with Crippen LogP contribution in [0, 0.1) is 0 Å². The smallest absolute Gasteiger partial charge is 0.277 e. The van der Waals surface area contributed by atoms with Gasteiger partial charge in [0.25, 0.3) is 5.91 Å². The topological polar surface area (TPSA) is 42.0 Å². The van der Waals surface area contributed by atoms with Gasteiger partial charge in [0.15, 0.2) is 0 Å². The molecule has 0 spiro atoms. The summed E-state index contributed by atoms with van der Waals surface area (Å²) in [5, 5.41) is 1.22. The van der Waals surface area contributed by atoms with Crippen molar-refractivity contribution in [2.24, 2.45) is 0 Å². The number of anilines is 1. The molecule has 1 aliphatic rings. The number of hydrogen-bond acceptors (Lipinski definition) is 4. The summed E-state index contributed by atoms with van der Waals surface area (Å²) >= 11 is 0. The fourth-order valence-corrected chi connectivity index (χ4v) is 1.92. The summed E-state index contributed by atoms with van der Waals surface area (Å²) in [4.78, 5) is 19.1. The maximum atomic E-state index is 12.0. The number of hydrogen-bond donors (Lipinski definition) is 0. The van der Waals surface area contributed by atoms with Crippen LogP contribution in [-0.2, 0) is 9.57 Å². The van der Waals surface area contributed by atoms with Gasteiger partial charge in [-0.15, -0.1) is 0 Å². The van der Waals surface area contributed by atoms with Crippen molar-refractivity contribution in [1.29, 1.82) is 0 Å². The van der Waals surface area contributed by atoms with Crippen LogP contribution in [0.15, 0.2) is 24.3 Å². The molecule has 0 unspecified atom stereocenters. The zero-order valence-electron chi connectivity index (χ0n) is 10.8. The van der Waals surface area contributed by atoms with Gasteiger partial charge in [-0.05, 0) is 18.2 Å². The third-order valence-electron chi connectivity index (χ3n) is 3.03. The van der Waals surface area contributed by atoms with E-state index >= 15 is 0 Å². The molecule has 1 fully saturated rings. The second kappa shape index (κ2) is 5.84. The Labute approximate surface area is 107 Å². The Morgan fingerprint density at radius 3 is 2.78 bits per heavy atom. The third-order valence-corrected chi connectivity index (χ3v) is 3.03. The highest BCUT2D eigenvalue weighted by Gasteiger charge is 2.15. The third kappa shape index (κ3) is 2.80. The summed E-state index contributed by atoms with van der Waals surface area (Å²) in [6.07, 6.45) is 0. The van der Waals surface area contributed by atoms with Gasteiger partial charge in [-0.25, -0.2) is 5.06 Å². The number of nitrogens with zero attached hydrogens (tertiary/aromatic N) is 2. The Morgan fingerprint density at radius 1 is 1.39 bits per heavy atom. The van der Waals surface area contributed by atoms with Crippen LogP contribution in [0.3, 0.4) is 0 Å². The standard InChI is InChI=1S/C13H18N2O3/c1-14(17-2)13(16)11-4-3-5-12(10-11)15-6-8-18-9-7-15/h3-5,10H,6-9H2,1-2H3. The Morgan fingerprint density at radius 2 is 2.11 bits per heavy atom. The summed E-state index contributed by atoms with van der Waals surface area (Å²) in [6.45, 7) is 3.18. The van der Waals surface area contributed by atoms with E-state index in [4.69, 9.17) is 9.57 Å². The molecular weight excluding hydrogens is 232 g/mol. The molecule has 1 heterocycles. The van der Waals surface area contributed by atoms with Crippen LogP contribution in [0.1, 0.15) is 10.4 Å². The molecule has 0 aliphatic carbocycles. The van der Waals surface area contributed by atoms with E-state index in [1.54, 1.807) is 13.1 Å². The minimum absolute atomic E-state index is 0.146. The lowest BCUT2D eigenvalue weighted by molar-refractivity contribution is -0.0756. The van der Waals surface area contributed by atoms with Crippen molar-refractivity contribution in [2.75, 3.05) is 45.4 Å². The van der Waals surface area contributed by atoms with Crippen molar-refractivity contribution in [1.82, 2.24) is 5.06 Å². The number of hydroxylamine groups is 2. The first-order chi connectivity index (χ1) is 8.72. The number of benzene rings is 1. The van der Waals surface area contributed by atoms with Crippen LogP contribution in [0.5, 0.6) is 0 Å². The molecule has 5 nitrogen and oxygen atoms in total. The van der Waals surface area contributed by atoms with E-state index in [9.17, 15) is 4.79 Å². The van der Waals surface area contributed by atoms with E-state index in [1.807, 2.05) is 18.2 Å². The second-order valence-corrected chi connectivity index (χ2v) is 4.13. The van der Waals surface area contributed by atoms with Crippen LogP contribution < -0.4 is 4.90 Å². The molecule has 1 aromatic carbocycles. The number of amides is 1. The highest BCUT2D eigenvalue weighted by Crippen LogP contribution is 2.18. The molecule has 18 heavy (non-hydrogen) atoms. The van der Waals surface area contributed by atoms with Crippen molar-refractivity contribution in [3.8, 4) is 0 Å². The molecule has 0 N–H and O–H groups in total. The van der Waals surface area contributed by atoms with Crippen molar-refractivity contribution in [3.63, 3.8) is 0 Å². The summed E-state index contributed by atoms with van der Waals surface area (Å²) < 4.78 is 5.32. The molecule has 1 aromatic rings. The molecule has 0 aromatic heterocycles. The molecule has 5 heteroatoms. The minimum atomic E-state index is -0.146. The largest absolute Gasteiger partial charge is 0.378 e. The van der Waals surface area contributed by atoms with Gasteiger partial charge >= 0.3 is 0 Å². The SMILES string of the molecule is CON(C)C(=O)c1cccc(N2CCOCC2)c1. The molecule has 98 valence electrons. The fraction of sp³-hybridized carbons (Fsp3) is 0.462. The van der Waals surface area contributed by atoms with Crippen LogP contribution in [0.2, 0.25) is 0 Å². The van der Waals surface area contributed by atoms with E-state index in [0.717, 1.165) is 32.0 Å². The fourth-order valence-electron chi connectivity index (χ4n) is 1.92. The molecule has 0 radical (unpaired) electrons. The van der Waals surface area contributed by atoms with Crippen LogP contribution >= 0.6 is 0 Å². The molecule has 0 saturated carbocycles. The molecule has 1 aliphatic heterocycles. The summed E-state index contributed by atoms with van der Waals surface area (Å²) in [5.74, 6) is -0.146. The lowest BCUT2D eigenvalue weighted by Gasteiger charge is -2.29. The Hall–Kier alpha value is -1.59. The zero-order valence-corrected chi connectivity index (χ0v) is 10.8. The van der Waals surface area contributed by atoms with E-state index in [2.05, 4.69) is 4.90 Å². The van der Waals surface area contributed by atoms with Gasteiger partial charge in [-0.1, -0.05) is 6.07 Å². The minimum Gasteiger partial charge on any atom is -0.378 e. The molecule has 0 bridgehead atoms. The summed E-state index contributed by atoms with van der Waals surface area (Å²) in [7, 11) is 3.08. The van der Waals surface area contributed by atoms with Gasteiger partial charge < -0.3 is 9.64 Å². The monoisotopic (exact) mass is 250 g/mol. The lowest BCUT2D eigenvalue weighted by Crippen LogP contribution is -2.36. The van der Waals surface area contributed by atoms with Crippen molar-refractivity contribution >= 4 is 11.6 Å². The molecular formula is C13H18N2O3. The average molecular weight is 250 g/mol. The molecule has 0 atom stereocenters. The van der Waals surface area contributed by atoms with Gasteiger partial charge in [0.1, 0.15) is 0 Å². The van der Waals surface area contributed by atoms with Gasteiger partial charge in [-0.2, -0.15) is 0 Å². The number of rotatable bonds is 3. The normalized spacial score (nSPS) is 15.6. The van der Waals surface area contributed by atoms with Crippen molar-refractivity contribution in [3.05, 3.63) is 29.8 Å². The van der Waals surface area contributed by atoms with Gasteiger partial charge in [0.2, 0.25) is 0 Å². The number of ether oxygens (including phenoxy) is 1. The summed E-state index contributed by atoms with van der Waals surface area (Å²) in [6, 6.07) is 7.58. The first kappa shape index (κ1) is 12.9. The first-order valence-corrected chi connectivity index (χ1v) is 5.97. The predicted molar refractivity (Wildman–Crippen MR) is 68.6 cm³/mol. The van der Waals surface area contributed by atoms with E-state index in [1.165, 1.54) is 12.2 Å². The molecule has 1 amide bonds. The summed E-state index contributed by atoms with van der Waals surface area (Å²) in [5.41, 5.74) is 1.68. The van der Waals surface area contributed by atoms with E-state index in [-0.39, 0.29) is 5.91 Å². The maximum Gasteiger partial charge on any atom is 0.277 e. The Bertz CT molecular complexity index is 416. The average Bonchev–Trinajstić information content (AvgIpc) is 2.46. The highest BCUT2D eigenvalue weighted by atomic mass is 16.7. The second-order valence-electron chi connectivity index (χ2n) is 4.13. The van der Waals surface area contributed by atoms with E-state index < -0.39 is 0 Å². The van der Waals surface area contributed by atoms with Crippen LogP contribution in [-0.4, -0.2) is 51.4 Å². The lowest BCUT2D eigenvalue weighted by atomic mass is 10.1. The van der Waals surface area contributed by atoms with Crippen LogP contribution in [0.4, 0.5) is 5.69 Å². The first-order valence-electron chi connectivity index (χ1n) is 5.97. The van der Waals surface area contributed by atoms with Crippen molar-refractivity contribution in [2.45, 2.75) is 0 Å². The Kier molecular flexibility index (Phi) is 4.17. The van der Waals surface area contributed by atoms with Crippen LogP contribution in [0.25, 0.3) is 0 Å². The van der Waals surface area contributed by atoms with Gasteiger partial charge in [0, 0.05) is 31.4 Å². The Balaban J connectivity index is 2.16. The van der Waals surface area contributed by atoms with Crippen molar-refractivity contribution < 1.29 is 14.4 Å². The van der Waals surface area contributed by atoms with E-state index in [0.29, 0.717) is 5.56 Å². The van der Waals surface area contributed by atoms with Gasteiger partial charge in [-0.3, -0.25) is 9.63 Å². The maximum absolute atomic E-state index is 12.0. The molecule has 2 rings (SSSR count). The number of carbonyl (C=O) groups excluding carboxylic acids is 1. The quantitative estimate of drug-likeness (QED) is 0.755. The predicted octanol–water partition coefficient (Wildman–Crippen LogP) is 1.16. The highest BCUT2D eigenvalue weighted by molar-refractivity contribution is 5.94. The van der Waals surface area contributed by atoms with Gasteiger partial charge in [0.05, 0.1) is 20.3 Å². The molecule has 1 saturated heterocycles. The zero-order chi connectivity index (χ0) is 13.0.